The van der Waals surface area contributed by atoms with Gasteiger partial charge in [-0.15, -0.1) is 0 Å². The van der Waals surface area contributed by atoms with Crippen molar-refractivity contribution in [2.45, 2.75) is 6.42 Å². The molecule has 1 aromatic carbocycles. The van der Waals surface area contributed by atoms with Crippen LogP contribution in [0.4, 0.5) is 23.1 Å². The highest BCUT2D eigenvalue weighted by atomic mass is 16.5. The number of pyridine rings is 3. The van der Waals surface area contributed by atoms with Crippen molar-refractivity contribution in [2.24, 2.45) is 0 Å². The molecule has 35 heavy (non-hydrogen) atoms. The molecular formula is C25H21N7O3. The van der Waals surface area contributed by atoms with E-state index in [9.17, 15) is 4.79 Å². The number of nitrogens with zero attached hydrogens (tertiary/aromatic N) is 5. The Balaban J connectivity index is 1.59. The minimum absolute atomic E-state index is 0.112. The highest BCUT2D eigenvalue weighted by molar-refractivity contribution is 6.04. The molecule has 0 unspecified atom stereocenters. The Hall–Kier alpha value is -4.73. The molecule has 174 valence electrons. The zero-order chi connectivity index (χ0) is 23.9. The molecule has 1 aliphatic rings. The quantitative estimate of drug-likeness (QED) is 0.370. The third-order valence-electron chi connectivity index (χ3n) is 5.92. The lowest BCUT2D eigenvalue weighted by Crippen LogP contribution is -2.27. The molecule has 0 saturated carbocycles. The molecule has 0 radical (unpaired) electrons. The first kappa shape index (κ1) is 20.8. The normalized spacial score (nSPS) is 13.7. The molecule has 0 spiro atoms. The van der Waals surface area contributed by atoms with Crippen molar-refractivity contribution >= 4 is 50.9 Å². The van der Waals surface area contributed by atoms with Crippen LogP contribution in [-0.2, 0) is 4.79 Å². The van der Waals surface area contributed by atoms with Gasteiger partial charge in [-0.3, -0.25) is 4.79 Å². The van der Waals surface area contributed by atoms with E-state index >= 15 is 0 Å². The molecule has 0 atom stereocenters. The van der Waals surface area contributed by atoms with Crippen LogP contribution in [0.15, 0.2) is 59.3 Å². The van der Waals surface area contributed by atoms with Crippen LogP contribution < -0.4 is 20.3 Å². The average Bonchev–Trinajstić information content (AvgIpc) is 3.31. The fourth-order valence-electron chi connectivity index (χ4n) is 4.13. The summed E-state index contributed by atoms with van der Waals surface area (Å²) in [7, 11) is 3.53. The fraction of sp³-hybridized carbons (Fsp3) is 0.160. The minimum atomic E-state index is -0.112. The number of hydrogen-bond donors (Lipinski definition) is 2. The van der Waals surface area contributed by atoms with Crippen molar-refractivity contribution in [2.75, 3.05) is 36.2 Å². The molecule has 10 nitrogen and oxygen atoms in total. The zero-order valence-electron chi connectivity index (χ0n) is 19.1. The lowest BCUT2D eigenvalue weighted by molar-refractivity contribution is -0.118. The van der Waals surface area contributed by atoms with Crippen LogP contribution in [0.1, 0.15) is 6.42 Å². The number of anilines is 4. The van der Waals surface area contributed by atoms with Gasteiger partial charge in [0.05, 0.1) is 24.3 Å². The molecule has 1 aliphatic heterocycles. The largest absolute Gasteiger partial charge is 0.477 e. The van der Waals surface area contributed by atoms with Gasteiger partial charge in [0.2, 0.25) is 17.7 Å². The molecule has 0 fully saturated rings. The van der Waals surface area contributed by atoms with E-state index in [1.165, 1.54) is 0 Å². The first-order valence-electron chi connectivity index (χ1n) is 11.1. The van der Waals surface area contributed by atoms with Gasteiger partial charge in [-0.2, -0.15) is 4.98 Å². The third kappa shape index (κ3) is 3.65. The van der Waals surface area contributed by atoms with Crippen molar-refractivity contribution in [3.05, 3.63) is 54.9 Å². The smallest absolute Gasteiger partial charge is 0.230 e. The van der Waals surface area contributed by atoms with Gasteiger partial charge in [-0.1, -0.05) is 12.1 Å². The van der Waals surface area contributed by atoms with Crippen molar-refractivity contribution in [3.8, 4) is 17.3 Å². The lowest BCUT2D eigenvalue weighted by atomic mass is 10.1. The predicted molar refractivity (Wildman–Crippen MR) is 133 cm³/mol. The Morgan fingerprint density at radius 3 is 2.80 bits per heavy atom. The minimum Gasteiger partial charge on any atom is -0.477 e. The van der Waals surface area contributed by atoms with Crippen LogP contribution in [0.2, 0.25) is 0 Å². The molecular weight excluding hydrogens is 446 g/mol. The van der Waals surface area contributed by atoms with Crippen LogP contribution in [0, 0.1) is 0 Å². The highest BCUT2D eigenvalue weighted by Gasteiger charge is 2.20. The van der Waals surface area contributed by atoms with Crippen LogP contribution in [-0.4, -0.2) is 46.5 Å². The molecule has 4 aromatic heterocycles. The zero-order valence-corrected chi connectivity index (χ0v) is 19.1. The van der Waals surface area contributed by atoms with Crippen LogP contribution in [0.5, 0.6) is 5.88 Å². The standard InChI is InChI=1S/C25H21N7O3/c1-26-24-15-12-27-20-11-14(15)16(13-28-24)25-31-23-17(5-3-6-18(23)35-25)32(2)22(33)9-10-34-21-8-4-7-19(29-20)30-21/h3-8,11-13H,9-10H2,1-2H3,(H,26,28)(H,27,29,30). The van der Waals surface area contributed by atoms with Gasteiger partial charge in [-0.05, 0) is 24.3 Å². The van der Waals surface area contributed by atoms with Gasteiger partial charge in [0, 0.05) is 43.3 Å². The van der Waals surface area contributed by atoms with Gasteiger partial charge < -0.3 is 24.7 Å². The topological polar surface area (TPSA) is 118 Å². The van der Waals surface area contributed by atoms with Crippen molar-refractivity contribution in [1.82, 2.24) is 19.9 Å². The number of rotatable bonds is 1. The Morgan fingerprint density at radius 1 is 1.03 bits per heavy atom. The number of para-hydroxylation sites is 1. The number of fused-ring (bicyclic) bond motifs is 5. The second-order valence-electron chi connectivity index (χ2n) is 8.07. The van der Waals surface area contributed by atoms with E-state index in [1.807, 2.05) is 43.4 Å². The van der Waals surface area contributed by atoms with E-state index in [0.717, 1.165) is 10.8 Å². The van der Waals surface area contributed by atoms with Gasteiger partial charge in [0.25, 0.3) is 0 Å². The number of hydrogen-bond acceptors (Lipinski definition) is 9. The number of oxazole rings is 1. The maximum Gasteiger partial charge on any atom is 0.230 e. The van der Waals surface area contributed by atoms with Crippen LogP contribution in [0.3, 0.4) is 0 Å². The summed E-state index contributed by atoms with van der Waals surface area (Å²) in [6, 6.07) is 12.8. The number of amides is 1. The molecule has 0 saturated heterocycles. The molecule has 5 heterocycles. The van der Waals surface area contributed by atoms with E-state index in [1.54, 1.807) is 30.4 Å². The predicted octanol–water partition coefficient (Wildman–Crippen LogP) is 4.36. The monoisotopic (exact) mass is 467 g/mol. The fourth-order valence-corrected chi connectivity index (χ4v) is 4.13. The Morgan fingerprint density at radius 2 is 1.91 bits per heavy atom. The molecule has 6 bridgehead atoms. The molecule has 2 N–H and O–H groups in total. The second-order valence-corrected chi connectivity index (χ2v) is 8.07. The maximum atomic E-state index is 12.9. The molecule has 1 amide bonds. The van der Waals surface area contributed by atoms with Gasteiger partial charge in [-0.25, -0.2) is 15.0 Å². The number of ether oxygens (including phenoxy) is 1. The summed E-state index contributed by atoms with van der Waals surface area (Å²) in [5, 5.41) is 7.99. The maximum absolute atomic E-state index is 12.9. The Labute approximate surface area is 200 Å². The third-order valence-corrected chi connectivity index (χ3v) is 5.92. The first-order valence-corrected chi connectivity index (χ1v) is 11.1. The highest BCUT2D eigenvalue weighted by Crippen LogP contribution is 2.36. The molecule has 0 aliphatic carbocycles. The average molecular weight is 467 g/mol. The summed E-state index contributed by atoms with van der Waals surface area (Å²) in [6.45, 7) is 0.188. The summed E-state index contributed by atoms with van der Waals surface area (Å²) >= 11 is 0. The summed E-state index contributed by atoms with van der Waals surface area (Å²) in [5.74, 6) is 2.55. The number of benzene rings is 1. The lowest BCUT2D eigenvalue weighted by Gasteiger charge is -2.17. The van der Waals surface area contributed by atoms with Gasteiger partial charge in [0.1, 0.15) is 23.0 Å². The van der Waals surface area contributed by atoms with Crippen LogP contribution in [0.25, 0.3) is 33.3 Å². The number of carbonyl (C=O) groups is 1. The summed E-state index contributed by atoms with van der Waals surface area (Å²) < 4.78 is 11.9. The van der Waals surface area contributed by atoms with E-state index in [2.05, 4.69) is 25.6 Å². The second kappa shape index (κ2) is 8.24. The van der Waals surface area contributed by atoms with Gasteiger partial charge >= 0.3 is 0 Å². The van der Waals surface area contributed by atoms with Gasteiger partial charge in [0.15, 0.2) is 5.58 Å². The summed E-state index contributed by atoms with van der Waals surface area (Å²) in [6.07, 6.45) is 3.64. The van der Waals surface area contributed by atoms with Crippen molar-refractivity contribution in [1.29, 1.82) is 0 Å². The number of nitrogens with one attached hydrogen (secondary N) is 2. The van der Waals surface area contributed by atoms with Crippen molar-refractivity contribution < 1.29 is 13.9 Å². The molecule has 10 heteroatoms. The Bertz CT molecular complexity index is 1600. The van der Waals surface area contributed by atoms with Crippen LogP contribution >= 0.6 is 0 Å². The van der Waals surface area contributed by atoms with E-state index < -0.39 is 0 Å². The van der Waals surface area contributed by atoms with E-state index in [4.69, 9.17) is 14.1 Å². The number of carbonyl (C=O) groups excluding carboxylic acids is 1. The van der Waals surface area contributed by atoms with E-state index in [-0.39, 0.29) is 18.9 Å². The SMILES string of the molecule is CNc1ncc2c3cc(ncc13)Nc1cccc(n1)OCCC(=O)N(C)c1cccc3oc-2nc13. The molecule has 5 aromatic rings. The van der Waals surface area contributed by atoms with Crippen molar-refractivity contribution in [3.63, 3.8) is 0 Å². The summed E-state index contributed by atoms with van der Waals surface area (Å²) in [5.41, 5.74) is 2.53. The summed E-state index contributed by atoms with van der Waals surface area (Å²) in [4.78, 5) is 32.8. The Kier molecular flexibility index (Phi) is 4.91. The first-order chi connectivity index (χ1) is 17.1. The molecule has 6 rings (SSSR count). The number of aromatic nitrogens is 4. The van der Waals surface area contributed by atoms with E-state index in [0.29, 0.717) is 51.6 Å².